The van der Waals surface area contributed by atoms with E-state index in [4.69, 9.17) is 15.6 Å². The third kappa shape index (κ3) is 4.48. The number of hydrogen-bond acceptors (Lipinski definition) is 4. The van der Waals surface area contributed by atoms with Crippen LogP contribution in [-0.2, 0) is 9.59 Å². The van der Waals surface area contributed by atoms with E-state index in [1.807, 2.05) is 0 Å². The van der Waals surface area contributed by atoms with Gasteiger partial charge in [0.2, 0.25) is 5.91 Å². The molecular weight excluding hydrogens is 266 g/mol. The Balaban J connectivity index is 2.70. The highest BCUT2D eigenvalue weighted by Gasteiger charge is 2.22. The van der Waals surface area contributed by atoms with E-state index in [0.29, 0.717) is 11.4 Å². The Morgan fingerprint density at radius 2 is 2.00 bits per heavy atom. The fourth-order valence-electron chi connectivity index (χ4n) is 1.47. The molecule has 0 saturated carbocycles. The van der Waals surface area contributed by atoms with Gasteiger partial charge in [-0.1, -0.05) is 12.1 Å². The van der Waals surface area contributed by atoms with Gasteiger partial charge < -0.3 is 26.2 Å². The number of carbonyl (C=O) groups excluding carboxylic acids is 2. The van der Waals surface area contributed by atoms with Crippen molar-refractivity contribution in [2.75, 3.05) is 12.4 Å². The van der Waals surface area contributed by atoms with E-state index in [9.17, 15) is 14.4 Å². The van der Waals surface area contributed by atoms with Crippen LogP contribution in [0.25, 0.3) is 0 Å². The summed E-state index contributed by atoms with van der Waals surface area (Å²) in [6, 6.07) is 4.45. The quantitative estimate of drug-likeness (QED) is 0.589. The fourth-order valence-corrected chi connectivity index (χ4v) is 1.47. The zero-order valence-corrected chi connectivity index (χ0v) is 10.8. The Morgan fingerprint density at radius 1 is 1.35 bits per heavy atom. The summed E-state index contributed by atoms with van der Waals surface area (Å²) in [6.45, 7) is 0. The van der Waals surface area contributed by atoms with Gasteiger partial charge in [0.25, 0.3) is 0 Å². The van der Waals surface area contributed by atoms with Gasteiger partial charge in [-0.25, -0.2) is 9.59 Å². The Kier molecular flexibility index (Phi) is 5.33. The lowest BCUT2D eigenvalue weighted by atomic mass is 10.2. The molecule has 3 amide bonds. The third-order valence-electron chi connectivity index (χ3n) is 2.36. The number of benzene rings is 1. The number of rotatable bonds is 6. The zero-order valence-electron chi connectivity index (χ0n) is 10.8. The second-order valence-corrected chi connectivity index (χ2v) is 3.86. The predicted molar refractivity (Wildman–Crippen MR) is 70.4 cm³/mol. The first kappa shape index (κ1) is 15.3. The van der Waals surface area contributed by atoms with Crippen LogP contribution in [0.15, 0.2) is 24.3 Å². The molecule has 1 aromatic carbocycles. The lowest BCUT2D eigenvalue weighted by molar-refractivity contribution is -0.140. The maximum atomic E-state index is 11.7. The summed E-state index contributed by atoms with van der Waals surface area (Å²) >= 11 is 0. The first-order valence-electron chi connectivity index (χ1n) is 5.65. The lowest BCUT2D eigenvalue weighted by Crippen LogP contribution is -2.45. The third-order valence-corrected chi connectivity index (χ3v) is 2.36. The number of nitrogens with two attached hydrogens (primary N) is 1. The molecule has 8 nitrogen and oxygen atoms in total. The van der Waals surface area contributed by atoms with Crippen molar-refractivity contribution in [3.05, 3.63) is 24.3 Å². The molecule has 0 heterocycles. The molecule has 20 heavy (non-hydrogen) atoms. The molecular formula is C12H15N3O5. The number of carboxylic acid groups (broad SMARTS) is 1. The Bertz CT molecular complexity index is 518. The van der Waals surface area contributed by atoms with Gasteiger partial charge in [0.05, 0.1) is 19.2 Å². The number of anilines is 1. The SMILES string of the molecule is COc1ccccc1NC(=O)N[C@H](CC(N)=O)C(=O)O. The fraction of sp³-hybridized carbons (Fsp3) is 0.250. The number of aliphatic carboxylic acids is 1. The second-order valence-electron chi connectivity index (χ2n) is 3.86. The van der Waals surface area contributed by atoms with Crippen LogP contribution < -0.4 is 21.1 Å². The minimum atomic E-state index is -1.39. The van der Waals surface area contributed by atoms with Crippen LogP contribution in [0, 0.1) is 0 Å². The molecule has 0 aliphatic rings. The summed E-state index contributed by atoms with van der Waals surface area (Å²) < 4.78 is 5.03. The van der Waals surface area contributed by atoms with E-state index >= 15 is 0 Å². The normalized spacial score (nSPS) is 11.2. The number of carbonyl (C=O) groups is 3. The zero-order chi connectivity index (χ0) is 15.1. The molecule has 8 heteroatoms. The number of urea groups is 1. The largest absolute Gasteiger partial charge is 0.495 e. The minimum absolute atomic E-state index is 0.371. The van der Waals surface area contributed by atoms with Gasteiger partial charge in [-0.15, -0.1) is 0 Å². The minimum Gasteiger partial charge on any atom is -0.495 e. The highest BCUT2D eigenvalue weighted by Crippen LogP contribution is 2.22. The summed E-state index contributed by atoms with van der Waals surface area (Å²) in [5.74, 6) is -1.75. The van der Waals surface area contributed by atoms with Crippen molar-refractivity contribution in [3.8, 4) is 5.75 Å². The topological polar surface area (TPSA) is 131 Å². The molecule has 0 aliphatic carbocycles. The smallest absolute Gasteiger partial charge is 0.326 e. The van der Waals surface area contributed by atoms with Gasteiger partial charge in [-0.05, 0) is 12.1 Å². The number of carboxylic acids is 1. The molecule has 0 unspecified atom stereocenters. The molecule has 0 spiro atoms. The maximum absolute atomic E-state index is 11.7. The second kappa shape index (κ2) is 6.98. The van der Waals surface area contributed by atoms with Crippen LogP contribution in [0.1, 0.15) is 6.42 Å². The van der Waals surface area contributed by atoms with Crippen molar-refractivity contribution in [1.29, 1.82) is 0 Å². The van der Waals surface area contributed by atoms with Crippen molar-refractivity contribution in [3.63, 3.8) is 0 Å². The molecule has 108 valence electrons. The Morgan fingerprint density at radius 3 is 2.55 bits per heavy atom. The first-order valence-corrected chi connectivity index (χ1v) is 5.65. The van der Waals surface area contributed by atoms with E-state index < -0.39 is 30.4 Å². The highest BCUT2D eigenvalue weighted by atomic mass is 16.5. The van der Waals surface area contributed by atoms with Crippen molar-refractivity contribution in [2.45, 2.75) is 12.5 Å². The van der Waals surface area contributed by atoms with Gasteiger partial charge in [0.15, 0.2) is 0 Å². The summed E-state index contributed by atoms with van der Waals surface area (Å²) in [5.41, 5.74) is 5.28. The number of nitrogens with one attached hydrogen (secondary N) is 2. The van der Waals surface area contributed by atoms with Crippen molar-refractivity contribution in [2.24, 2.45) is 5.73 Å². The van der Waals surface area contributed by atoms with Crippen molar-refractivity contribution < 1.29 is 24.2 Å². The number of para-hydroxylation sites is 2. The van der Waals surface area contributed by atoms with Crippen LogP contribution in [0.3, 0.4) is 0 Å². The average Bonchev–Trinajstić information content (AvgIpc) is 2.37. The van der Waals surface area contributed by atoms with Crippen LogP contribution in [0.2, 0.25) is 0 Å². The molecule has 0 aliphatic heterocycles. The van der Waals surface area contributed by atoms with E-state index in [1.165, 1.54) is 7.11 Å². The van der Waals surface area contributed by atoms with Crippen LogP contribution >= 0.6 is 0 Å². The standard InChI is InChI=1S/C12H15N3O5/c1-20-9-5-3-2-4-7(9)14-12(19)15-8(11(17)18)6-10(13)16/h2-5,8H,6H2,1H3,(H2,13,16)(H,17,18)(H2,14,15,19)/t8-/m1/s1. The van der Waals surface area contributed by atoms with Gasteiger partial charge in [-0.3, -0.25) is 4.79 Å². The number of methoxy groups -OCH3 is 1. The van der Waals surface area contributed by atoms with E-state index in [-0.39, 0.29) is 0 Å². The summed E-state index contributed by atoms with van der Waals surface area (Å²) in [5, 5.41) is 13.4. The molecule has 1 rings (SSSR count). The molecule has 0 saturated heterocycles. The predicted octanol–water partition coefficient (Wildman–Crippen LogP) is 0.145. The summed E-state index contributed by atoms with van der Waals surface area (Å²) in [6.07, 6.45) is -0.491. The van der Waals surface area contributed by atoms with Crippen LogP contribution in [0.5, 0.6) is 5.75 Å². The molecule has 0 aromatic heterocycles. The molecule has 1 atom stereocenters. The number of primary amides is 1. The summed E-state index contributed by atoms with van der Waals surface area (Å²) in [7, 11) is 1.44. The lowest BCUT2D eigenvalue weighted by Gasteiger charge is -2.15. The molecule has 0 bridgehead atoms. The number of ether oxygens (including phenoxy) is 1. The van der Waals surface area contributed by atoms with Crippen LogP contribution in [0.4, 0.5) is 10.5 Å². The van der Waals surface area contributed by atoms with Crippen LogP contribution in [-0.4, -0.2) is 36.2 Å². The van der Waals surface area contributed by atoms with E-state index in [2.05, 4.69) is 10.6 Å². The highest BCUT2D eigenvalue weighted by molar-refractivity contribution is 5.94. The number of amides is 3. The molecule has 5 N–H and O–H groups in total. The van der Waals surface area contributed by atoms with E-state index in [1.54, 1.807) is 24.3 Å². The first-order chi connectivity index (χ1) is 9.43. The van der Waals surface area contributed by atoms with Crippen molar-refractivity contribution in [1.82, 2.24) is 5.32 Å². The maximum Gasteiger partial charge on any atom is 0.326 e. The molecule has 0 fully saturated rings. The average molecular weight is 281 g/mol. The molecule has 1 aromatic rings. The molecule has 0 radical (unpaired) electrons. The van der Waals surface area contributed by atoms with Crippen molar-refractivity contribution >= 4 is 23.6 Å². The van der Waals surface area contributed by atoms with Gasteiger partial charge in [0, 0.05) is 0 Å². The van der Waals surface area contributed by atoms with Gasteiger partial charge in [-0.2, -0.15) is 0 Å². The Labute approximate surface area is 114 Å². The van der Waals surface area contributed by atoms with Gasteiger partial charge >= 0.3 is 12.0 Å². The monoisotopic (exact) mass is 281 g/mol. The number of hydrogen-bond donors (Lipinski definition) is 4. The Hall–Kier alpha value is -2.77. The summed E-state index contributed by atoms with van der Waals surface area (Å²) in [4.78, 5) is 33.3. The van der Waals surface area contributed by atoms with Gasteiger partial charge in [0.1, 0.15) is 11.8 Å². The van der Waals surface area contributed by atoms with E-state index in [0.717, 1.165) is 0 Å².